The number of rotatable bonds is 7. The Bertz CT molecular complexity index is 307. The predicted octanol–water partition coefficient (Wildman–Crippen LogP) is 1.71. The zero-order valence-electron chi connectivity index (χ0n) is 10.1. The summed E-state index contributed by atoms with van der Waals surface area (Å²) >= 11 is 0. The fraction of sp³-hybridized carbons (Fsp3) is 0.636. The van der Waals surface area contributed by atoms with E-state index in [9.17, 15) is 0 Å². The van der Waals surface area contributed by atoms with Crippen molar-refractivity contribution < 1.29 is 9.47 Å². The van der Waals surface area contributed by atoms with E-state index < -0.39 is 0 Å². The molecule has 1 aromatic rings. The van der Waals surface area contributed by atoms with E-state index in [4.69, 9.17) is 9.47 Å². The maximum atomic E-state index is 5.29. The third-order valence-electron chi connectivity index (χ3n) is 2.08. The minimum Gasteiger partial charge on any atom is -0.478 e. The van der Waals surface area contributed by atoms with Crippen molar-refractivity contribution in [1.82, 2.24) is 9.97 Å². The van der Waals surface area contributed by atoms with E-state index in [-0.39, 0.29) is 0 Å². The molecule has 0 saturated heterocycles. The molecule has 0 fully saturated rings. The van der Waals surface area contributed by atoms with E-state index in [2.05, 4.69) is 22.2 Å². The fourth-order valence-corrected chi connectivity index (χ4v) is 1.26. The number of methoxy groups -OCH3 is 1. The molecule has 0 bridgehead atoms. The lowest BCUT2D eigenvalue weighted by Gasteiger charge is -2.14. The number of hydrogen-bond acceptors (Lipinski definition) is 5. The summed E-state index contributed by atoms with van der Waals surface area (Å²) in [6, 6.07) is 2.11. The van der Waals surface area contributed by atoms with E-state index in [0.29, 0.717) is 18.5 Å². The van der Waals surface area contributed by atoms with Crippen LogP contribution in [0.2, 0.25) is 0 Å². The number of aromatic nitrogens is 2. The lowest BCUT2D eigenvalue weighted by atomic mass is 10.2. The fourth-order valence-electron chi connectivity index (χ4n) is 1.26. The van der Waals surface area contributed by atoms with E-state index in [1.165, 1.54) is 6.33 Å². The van der Waals surface area contributed by atoms with Gasteiger partial charge in [0.15, 0.2) is 0 Å². The average molecular weight is 225 g/mol. The number of ether oxygens (including phenoxy) is 2. The summed E-state index contributed by atoms with van der Waals surface area (Å²) < 4.78 is 10.3. The van der Waals surface area contributed by atoms with Gasteiger partial charge in [0.1, 0.15) is 12.1 Å². The molecular formula is C11H19N3O2. The van der Waals surface area contributed by atoms with Crippen LogP contribution in [0.25, 0.3) is 0 Å². The van der Waals surface area contributed by atoms with Crippen LogP contribution in [-0.4, -0.2) is 36.3 Å². The van der Waals surface area contributed by atoms with Crippen LogP contribution in [-0.2, 0) is 4.74 Å². The lowest BCUT2D eigenvalue weighted by Crippen LogP contribution is -2.18. The monoisotopic (exact) mass is 225 g/mol. The second-order valence-corrected chi connectivity index (χ2v) is 3.50. The highest BCUT2D eigenvalue weighted by molar-refractivity contribution is 5.37. The lowest BCUT2D eigenvalue weighted by molar-refractivity contribution is 0.191. The molecule has 1 atom stereocenters. The van der Waals surface area contributed by atoms with Crippen molar-refractivity contribution in [1.29, 1.82) is 0 Å². The van der Waals surface area contributed by atoms with Crippen molar-refractivity contribution in [2.24, 2.45) is 0 Å². The van der Waals surface area contributed by atoms with E-state index in [0.717, 1.165) is 18.8 Å². The summed E-state index contributed by atoms with van der Waals surface area (Å²) in [5.74, 6) is 1.38. The Hall–Kier alpha value is -1.36. The van der Waals surface area contributed by atoms with Gasteiger partial charge in [-0.3, -0.25) is 0 Å². The molecule has 1 N–H and O–H groups in total. The molecule has 1 rings (SSSR count). The molecule has 0 radical (unpaired) electrons. The Morgan fingerprint density at radius 3 is 2.94 bits per heavy atom. The molecule has 0 aliphatic heterocycles. The molecular weight excluding hydrogens is 206 g/mol. The topological polar surface area (TPSA) is 56.3 Å². The Morgan fingerprint density at radius 1 is 1.44 bits per heavy atom. The van der Waals surface area contributed by atoms with Crippen LogP contribution in [0.3, 0.4) is 0 Å². The number of anilines is 1. The largest absolute Gasteiger partial charge is 0.478 e. The van der Waals surface area contributed by atoms with Gasteiger partial charge < -0.3 is 14.8 Å². The minimum absolute atomic E-state index is 0.310. The van der Waals surface area contributed by atoms with Gasteiger partial charge in [-0.2, -0.15) is 0 Å². The zero-order valence-corrected chi connectivity index (χ0v) is 10.1. The predicted molar refractivity (Wildman–Crippen MR) is 62.8 cm³/mol. The summed E-state index contributed by atoms with van der Waals surface area (Å²) in [6.07, 6.45) is 2.43. The highest BCUT2D eigenvalue weighted by atomic mass is 16.5. The van der Waals surface area contributed by atoms with Crippen LogP contribution >= 0.6 is 0 Å². The van der Waals surface area contributed by atoms with Crippen molar-refractivity contribution in [3.63, 3.8) is 0 Å². The third-order valence-corrected chi connectivity index (χ3v) is 2.08. The smallest absolute Gasteiger partial charge is 0.218 e. The van der Waals surface area contributed by atoms with Crippen molar-refractivity contribution in [2.75, 3.05) is 25.6 Å². The maximum Gasteiger partial charge on any atom is 0.218 e. The van der Waals surface area contributed by atoms with Gasteiger partial charge in [0.2, 0.25) is 5.88 Å². The quantitative estimate of drug-likeness (QED) is 0.765. The Balaban J connectivity index is 2.49. The molecule has 0 aliphatic rings. The molecule has 0 spiro atoms. The van der Waals surface area contributed by atoms with Crippen LogP contribution in [0, 0.1) is 0 Å². The third kappa shape index (κ3) is 4.44. The first-order valence-corrected chi connectivity index (χ1v) is 5.46. The second-order valence-electron chi connectivity index (χ2n) is 3.50. The minimum atomic E-state index is 0.310. The molecule has 16 heavy (non-hydrogen) atoms. The summed E-state index contributed by atoms with van der Waals surface area (Å²) in [5.41, 5.74) is 0. The summed E-state index contributed by atoms with van der Waals surface area (Å²) in [4.78, 5) is 8.13. The van der Waals surface area contributed by atoms with Crippen molar-refractivity contribution in [3.8, 4) is 5.88 Å². The van der Waals surface area contributed by atoms with Crippen LogP contribution in [0.1, 0.15) is 20.3 Å². The molecule has 5 heteroatoms. The first-order valence-electron chi connectivity index (χ1n) is 5.46. The van der Waals surface area contributed by atoms with Crippen molar-refractivity contribution in [2.45, 2.75) is 26.3 Å². The summed E-state index contributed by atoms with van der Waals surface area (Å²) in [5, 5.41) is 3.26. The van der Waals surface area contributed by atoms with Crippen LogP contribution in [0.15, 0.2) is 12.4 Å². The normalized spacial score (nSPS) is 12.2. The number of hydrogen-bond donors (Lipinski definition) is 1. The highest BCUT2D eigenvalue weighted by Crippen LogP contribution is 2.12. The summed E-state index contributed by atoms with van der Waals surface area (Å²) in [6.45, 7) is 5.35. The van der Waals surface area contributed by atoms with Crippen LogP contribution < -0.4 is 10.1 Å². The molecule has 0 aromatic carbocycles. The first kappa shape index (κ1) is 12.7. The van der Waals surface area contributed by atoms with Gasteiger partial charge in [-0.15, -0.1) is 0 Å². The molecule has 0 aliphatic carbocycles. The van der Waals surface area contributed by atoms with E-state index in [1.807, 2.05) is 6.92 Å². The highest BCUT2D eigenvalue weighted by Gasteiger charge is 2.04. The first-order chi connectivity index (χ1) is 7.76. The van der Waals surface area contributed by atoms with E-state index in [1.54, 1.807) is 13.2 Å². The number of nitrogens with zero attached hydrogens (tertiary/aromatic N) is 2. The van der Waals surface area contributed by atoms with Gasteiger partial charge in [-0.05, 0) is 20.3 Å². The SMILES string of the molecule is CCOc1cc(NC(C)CCOC)ncn1. The maximum absolute atomic E-state index is 5.29. The van der Waals surface area contributed by atoms with Crippen molar-refractivity contribution >= 4 is 5.82 Å². The molecule has 5 nitrogen and oxygen atoms in total. The second kappa shape index (κ2) is 7.00. The van der Waals surface area contributed by atoms with Crippen molar-refractivity contribution in [3.05, 3.63) is 12.4 Å². The van der Waals surface area contributed by atoms with Crippen LogP contribution in [0.5, 0.6) is 5.88 Å². The van der Waals surface area contributed by atoms with Gasteiger partial charge in [0.25, 0.3) is 0 Å². The van der Waals surface area contributed by atoms with Gasteiger partial charge in [0, 0.05) is 25.8 Å². The molecule has 1 aromatic heterocycles. The van der Waals surface area contributed by atoms with Crippen LogP contribution in [0.4, 0.5) is 5.82 Å². The van der Waals surface area contributed by atoms with Gasteiger partial charge in [0.05, 0.1) is 6.61 Å². The standard InChI is InChI=1S/C11H19N3O2/c1-4-16-11-7-10(12-8-13-11)14-9(2)5-6-15-3/h7-9H,4-6H2,1-3H3,(H,12,13,14). The number of nitrogens with one attached hydrogen (secondary N) is 1. The Kier molecular flexibility index (Phi) is 5.56. The summed E-state index contributed by atoms with van der Waals surface area (Å²) in [7, 11) is 1.70. The molecule has 0 saturated carbocycles. The molecule has 1 heterocycles. The molecule has 0 amide bonds. The van der Waals surface area contributed by atoms with Gasteiger partial charge >= 0.3 is 0 Å². The van der Waals surface area contributed by atoms with Gasteiger partial charge in [-0.25, -0.2) is 9.97 Å². The average Bonchev–Trinajstić information content (AvgIpc) is 2.27. The molecule has 1 unspecified atom stereocenters. The molecule has 90 valence electrons. The zero-order chi connectivity index (χ0) is 11.8. The van der Waals surface area contributed by atoms with E-state index >= 15 is 0 Å². The Morgan fingerprint density at radius 2 is 2.25 bits per heavy atom. The van der Waals surface area contributed by atoms with Gasteiger partial charge in [-0.1, -0.05) is 0 Å². The Labute approximate surface area is 96.2 Å².